The maximum Gasteiger partial charge on any atom is 0.238 e. The molecule has 1 aliphatic carbocycles. The van der Waals surface area contributed by atoms with Gasteiger partial charge in [0.05, 0.1) is 20.8 Å². The molecule has 104 valence electrons. The Bertz CT molecular complexity index is 444. The second kappa shape index (κ2) is 6.43. The number of methoxy groups -OCH3 is 2. The zero-order valence-electron chi connectivity index (χ0n) is 11.4. The Morgan fingerprint density at radius 1 is 1.26 bits per heavy atom. The molecule has 5 nitrogen and oxygen atoms in total. The molecule has 19 heavy (non-hydrogen) atoms. The lowest BCUT2D eigenvalue weighted by Gasteiger charge is -2.10. The highest BCUT2D eigenvalue weighted by atomic mass is 16.5. The first-order valence-electron chi connectivity index (χ1n) is 6.45. The minimum atomic E-state index is -0.0483. The van der Waals surface area contributed by atoms with Gasteiger partial charge in [-0.05, 0) is 37.4 Å². The van der Waals surface area contributed by atoms with Crippen LogP contribution in [0.25, 0.3) is 0 Å². The Labute approximate surface area is 113 Å². The van der Waals surface area contributed by atoms with Crippen LogP contribution in [-0.2, 0) is 4.79 Å². The van der Waals surface area contributed by atoms with Gasteiger partial charge >= 0.3 is 0 Å². The summed E-state index contributed by atoms with van der Waals surface area (Å²) in [6.07, 6.45) is 2.56. The van der Waals surface area contributed by atoms with Gasteiger partial charge in [-0.1, -0.05) is 0 Å². The molecule has 0 spiro atoms. The number of rotatable bonds is 7. The lowest BCUT2D eigenvalue weighted by Crippen LogP contribution is -2.29. The summed E-state index contributed by atoms with van der Waals surface area (Å²) in [7, 11) is 3.15. The van der Waals surface area contributed by atoms with Crippen LogP contribution in [0.4, 0.5) is 5.69 Å². The smallest absolute Gasteiger partial charge is 0.238 e. The van der Waals surface area contributed by atoms with E-state index in [1.807, 2.05) is 0 Å². The molecule has 1 aromatic rings. The van der Waals surface area contributed by atoms with Crippen LogP contribution < -0.4 is 20.1 Å². The Morgan fingerprint density at radius 2 is 2.00 bits per heavy atom. The highest BCUT2D eigenvalue weighted by molar-refractivity contribution is 5.92. The zero-order valence-corrected chi connectivity index (χ0v) is 11.4. The molecule has 0 aromatic heterocycles. The van der Waals surface area contributed by atoms with Gasteiger partial charge in [-0.15, -0.1) is 0 Å². The molecule has 0 radical (unpaired) electrons. The van der Waals surface area contributed by atoms with E-state index in [9.17, 15) is 4.79 Å². The van der Waals surface area contributed by atoms with E-state index in [4.69, 9.17) is 9.47 Å². The molecule has 1 aromatic carbocycles. The fraction of sp³-hybridized carbons (Fsp3) is 0.500. The molecule has 0 bridgehead atoms. The fourth-order valence-corrected chi connectivity index (χ4v) is 1.83. The van der Waals surface area contributed by atoms with Crippen molar-refractivity contribution < 1.29 is 14.3 Å². The summed E-state index contributed by atoms with van der Waals surface area (Å²) in [5, 5.41) is 5.98. The first-order chi connectivity index (χ1) is 9.22. The Morgan fingerprint density at radius 3 is 2.63 bits per heavy atom. The summed E-state index contributed by atoms with van der Waals surface area (Å²) < 4.78 is 10.3. The predicted molar refractivity (Wildman–Crippen MR) is 73.8 cm³/mol. The molecular formula is C14H20N2O3. The standard InChI is InChI=1S/C14H20N2O3/c1-18-12-6-5-11(7-13(12)19-2)16-14(17)9-15-8-10-3-4-10/h5-7,10,15H,3-4,8-9H2,1-2H3,(H,16,17). The van der Waals surface area contributed by atoms with Crippen molar-refractivity contribution in [1.29, 1.82) is 0 Å². The summed E-state index contributed by atoms with van der Waals surface area (Å²) in [4.78, 5) is 11.7. The van der Waals surface area contributed by atoms with Crippen LogP contribution in [0.5, 0.6) is 11.5 Å². The zero-order chi connectivity index (χ0) is 13.7. The molecule has 1 fully saturated rings. The first-order valence-corrected chi connectivity index (χ1v) is 6.45. The first kappa shape index (κ1) is 13.7. The van der Waals surface area contributed by atoms with Gasteiger partial charge in [0.2, 0.25) is 5.91 Å². The summed E-state index contributed by atoms with van der Waals surface area (Å²) in [5.41, 5.74) is 0.705. The van der Waals surface area contributed by atoms with Crippen LogP contribution in [0.1, 0.15) is 12.8 Å². The number of ether oxygens (including phenoxy) is 2. The molecule has 0 heterocycles. The van der Waals surface area contributed by atoms with Crippen molar-refractivity contribution in [3.8, 4) is 11.5 Å². The lowest BCUT2D eigenvalue weighted by molar-refractivity contribution is -0.115. The second-order valence-electron chi connectivity index (χ2n) is 4.69. The van der Waals surface area contributed by atoms with Crippen molar-refractivity contribution in [3.63, 3.8) is 0 Å². The van der Waals surface area contributed by atoms with Crippen molar-refractivity contribution in [3.05, 3.63) is 18.2 Å². The quantitative estimate of drug-likeness (QED) is 0.786. The van der Waals surface area contributed by atoms with Crippen molar-refractivity contribution in [1.82, 2.24) is 5.32 Å². The van der Waals surface area contributed by atoms with Gasteiger partial charge in [0.1, 0.15) is 0 Å². The average molecular weight is 264 g/mol. The van der Waals surface area contributed by atoms with E-state index in [2.05, 4.69) is 10.6 Å². The van der Waals surface area contributed by atoms with Crippen LogP contribution >= 0.6 is 0 Å². The number of carbonyl (C=O) groups excluding carboxylic acids is 1. The Hall–Kier alpha value is -1.75. The van der Waals surface area contributed by atoms with E-state index in [0.29, 0.717) is 23.7 Å². The molecule has 1 amide bonds. The molecule has 2 N–H and O–H groups in total. The van der Waals surface area contributed by atoms with E-state index in [-0.39, 0.29) is 5.91 Å². The summed E-state index contributed by atoms with van der Waals surface area (Å²) in [5.74, 6) is 1.97. The largest absolute Gasteiger partial charge is 0.493 e. The maximum absolute atomic E-state index is 11.7. The van der Waals surface area contributed by atoms with E-state index < -0.39 is 0 Å². The number of amides is 1. The number of benzene rings is 1. The van der Waals surface area contributed by atoms with Crippen molar-refractivity contribution in [2.75, 3.05) is 32.6 Å². The van der Waals surface area contributed by atoms with E-state index >= 15 is 0 Å². The topological polar surface area (TPSA) is 59.6 Å². The SMILES string of the molecule is COc1ccc(NC(=O)CNCC2CC2)cc1OC. The summed E-state index contributed by atoms with van der Waals surface area (Å²) in [6.45, 7) is 1.27. The highest BCUT2D eigenvalue weighted by Crippen LogP contribution is 2.29. The number of carbonyl (C=O) groups is 1. The van der Waals surface area contributed by atoms with E-state index in [1.54, 1.807) is 32.4 Å². The van der Waals surface area contributed by atoms with Gasteiger partial charge in [0, 0.05) is 11.8 Å². The third-order valence-corrected chi connectivity index (χ3v) is 3.08. The molecule has 1 saturated carbocycles. The monoisotopic (exact) mass is 264 g/mol. The molecule has 0 unspecified atom stereocenters. The summed E-state index contributed by atoms with van der Waals surface area (Å²) >= 11 is 0. The minimum absolute atomic E-state index is 0.0483. The van der Waals surface area contributed by atoms with Gasteiger partial charge in [-0.2, -0.15) is 0 Å². The third kappa shape index (κ3) is 4.13. The number of hydrogen-bond donors (Lipinski definition) is 2. The van der Waals surface area contributed by atoms with Crippen molar-refractivity contribution in [2.45, 2.75) is 12.8 Å². The Kier molecular flexibility index (Phi) is 4.63. The number of anilines is 1. The van der Waals surface area contributed by atoms with Crippen LogP contribution in [0.3, 0.4) is 0 Å². The predicted octanol–water partition coefficient (Wildman–Crippen LogP) is 1.64. The van der Waals surface area contributed by atoms with Gasteiger partial charge < -0.3 is 20.1 Å². The molecule has 5 heteroatoms. The van der Waals surface area contributed by atoms with Gasteiger partial charge in [-0.3, -0.25) is 4.79 Å². The van der Waals surface area contributed by atoms with Gasteiger partial charge in [0.15, 0.2) is 11.5 Å². The normalized spacial score (nSPS) is 14.0. The van der Waals surface area contributed by atoms with E-state index in [1.165, 1.54) is 12.8 Å². The molecule has 2 rings (SSSR count). The maximum atomic E-state index is 11.7. The van der Waals surface area contributed by atoms with Crippen LogP contribution in [-0.4, -0.2) is 33.2 Å². The molecule has 1 aliphatic rings. The van der Waals surface area contributed by atoms with Crippen molar-refractivity contribution >= 4 is 11.6 Å². The minimum Gasteiger partial charge on any atom is -0.493 e. The lowest BCUT2D eigenvalue weighted by atomic mass is 10.2. The fourth-order valence-electron chi connectivity index (χ4n) is 1.83. The van der Waals surface area contributed by atoms with Crippen LogP contribution in [0.15, 0.2) is 18.2 Å². The summed E-state index contributed by atoms with van der Waals surface area (Å²) in [6, 6.07) is 5.31. The average Bonchev–Trinajstić information content (AvgIpc) is 3.22. The molecule has 0 atom stereocenters. The molecular weight excluding hydrogens is 244 g/mol. The van der Waals surface area contributed by atoms with E-state index in [0.717, 1.165) is 12.5 Å². The number of hydrogen-bond acceptors (Lipinski definition) is 4. The molecule has 0 aliphatic heterocycles. The Balaban J connectivity index is 1.84. The van der Waals surface area contributed by atoms with Gasteiger partial charge in [0.25, 0.3) is 0 Å². The van der Waals surface area contributed by atoms with Crippen molar-refractivity contribution in [2.24, 2.45) is 5.92 Å². The van der Waals surface area contributed by atoms with Crippen LogP contribution in [0.2, 0.25) is 0 Å². The van der Waals surface area contributed by atoms with Crippen LogP contribution in [0, 0.1) is 5.92 Å². The third-order valence-electron chi connectivity index (χ3n) is 3.08. The second-order valence-corrected chi connectivity index (χ2v) is 4.69. The number of nitrogens with one attached hydrogen (secondary N) is 2. The highest BCUT2D eigenvalue weighted by Gasteiger charge is 2.20. The molecule has 0 saturated heterocycles. The van der Waals surface area contributed by atoms with Gasteiger partial charge in [-0.25, -0.2) is 0 Å².